The fourth-order valence-electron chi connectivity index (χ4n) is 2.28. The van der Waals surface area contributed by atoms with Crippen molar-refractivity contribution < 1.29 is 22.3 Å². The van der Waals surface area contributed by atoms with Gasteiger partial charge < -0.3 is 4.74 Å². The van der Waals surface area contributed by atoms with Gasteiger partial charge in [0, 0.05) is 11.1 Å². The molecular weight excluding hydrogens is 340 g/mol. The third kappa shape index (κ3) is 3.76. The van der Waals surface area contributed by atoms with Crippen LogP contribution in [0.15, 0.2) is 42.5 Å². The average molecular weight is 352 g/mol. The smallest absolute Gasteiger partial charge is 0.416 e. The normalized spacial score (nSPS) is 11.6. The minimum Gasteiger partial charge on any atom is -0.496 e. The van der Waals surface area contributed by atoms with E-state index in [1.165, 1.54) is 37.4 Å². The number of hydrogen-bond acceptors (Lipinski definition) is 4. The van der Waals surface area contributed by atoms with Gasteiger partial charge in [-0.3, -0.25) is 0 Å². The summed E-state index contributed by atoms with van der Waals surface area (Å²) in [6.45, 7) is 0.0624. The van der Waals surface area contributed by atoms with Gasteiger partial charge in [-0.1, -0.05) is 12.1 Å². The van der Waals surface area contributed by atoms with Crippen molar-refractivity contribution in [1.82, 2.24) is 20.2 Å². The first-order valence-electron chi connectivity index (χ1n) is 7.14. The van der Waals surface area contributed by atoms with Crippen molar-refractivity contribution in [2.24, 2.45) is 0 Å². The molecule has 0 bridgehead atoms. The van der Waals surface area contributed by atoms with E-state index in [9.17, 15) is 17.6 Å². The Morgan fingerprint density at radius 3 is 2.64 bits per heavy atom. The summed E-state index contributed by atoms with van der Waals surface area (Å²) in [5.74, 6) is 0.0369. The molecule has 0 aliphatic carbocycles. The molecule has 0 fully saturated rings. The zero-order valence-corrected chi connectivity index (χ0v) is 13.0. The Kier molecular flexibility index (Phi) is 4.39. The van der Waals surface area contributed by atoms with Crippen LogP contribution < -0.4 is 4.74 Å². The maximum absolute atomic E-state index is 13.4. The molecule has 0 saturated heterocycles. The van der Waals surface area contributed by atoms with Gasteiger partial charge in [0.15, 0.2) is 0 Å². The molecule has 3 aromatic rings. The van der Waals surface area contributed by atoms with Crippen LogP contribution in [0.1, 0.15) is 11.1 Å². The highest BCUT2D eigenvalue weighted by Gasteiger charge is 2.30. The van der Waals surface area contributed by atoms with Gasteiger partial charge in [-0.05, 0) is 35.5 Å². The topological polar surface area (TPSA) is 52.8 Å². The quantitative estimate of drug-likeness (QED) is 0.674. The maximum atomic E-state index is 13.4. The molecule has 9 heteroatoms. The zero-order valence-electron chi connectivity index (χ0n) is 13.0. The fourth-order valence-corrected chi connectivity index (χ4v) is 2.28. The van der Waals surface area contributed by atoms with Gasteiger partial charge in [0.05, 0.1) is 19.2 Å². The van der Waals surface area contributed by atoms with E-state index in [1.807, 2.05) is 0 Å². The largest absolute Gasteiger partial charge is 0.496 e. The molecule has 25 heavy (non-hydrogen) atoms. The molecule has 0 aliphatic heterocycles. The third-order valence-electron chi connectivity index (χ3n) is 3.46. The minimum absolute atomic E-state index is 0.0430. The molecule has 5 nitrogen and oxygen atoms in total. The summed E-state index contributed by atoms with van der Waals surface area (Å²) in [4.78, 5) is 1.16. The van der Waals surface area contributed by atoms with E-state index < -0.39 is 17.6 Å². The predicted molar refractivity (Wildman–Crippen MR) is 80.3 cm³/mol. The number of halogens is 4. The molecular formula is C16H12F4N4O. The van der Waals surface area contributed by atoms with Gasteiger partial charge in [-0.2, -0.15) is 18.0 Å². The van der Waals surface area contributed by atoms with Crippen LogP contribution in [0.4, 0.5) is 17.6 Å². The fraction of sp³-hybridized carbons (Fsp3) is 0.188. The van der Waals surface area contributed by atoms with Crippen LogP contribution in [0, 0.1) is 5.82 Å². The summed E-state index contributed by atoms with van der Waals surface area (Å²) in [6, 6.07) is 8.64. The lowest BCUT2D eigenvalue weighted by Crippen LogP contribution is -2.06. The van der Waals surface area contributed by atoms with Crippen molar-refractivity contribution in [3.05, 3.63) is 59.4 Å². The second kappa shape index (κ2) is 6.50. The first-order chi connectivity index (χ1) is 11.9. The number of nitrogens with zero attached hydrogens (tertiary/aromatic N) is 4. The number of methoxy groups -OCH3 is 1. The van der Waals surface area contributed by atoms with E-state index >= 15 is 0 Å². The van der Waals surface area contributed by atoms with Gasteiger partial charge in [0.2, 0.25) is 5.82 Å². The Morgan fingerprint density at radius 1 is 1.12 bits per heavy atom. The molecule has 0 N–H and O–H groups in total. The lowest BCUT2D eigenvalue weighted by molar-refractivity contribution is -0.137. The summed E-state index contributed by atoms with van der Waals surface area (Å²) in [7, 11) is 1.44. The van der Waals surface area contributed by atoms with Crippen LogP contribution in [0.25, 0.3) is 11.4 Å². The summed E-state index contributed by atoms with van der Waals surface area (Å²) in [6.07, 6.45) is -4.46. The van der Waals surface area contributed by atoms with Gasteiger partial charge in [0.25, 0.3) is 0 Å². The second-order valence-corrected chi connectivity index (χ2v) is 5.18. The number of rotatable bonds is 4. The van der Waals surface area contributed by atoms with Crippen LogP contribution in [0.3, 0.4) is 0 Å². The highest BCUT2D eigenvalue weighted by molar-refractivity contribution is 5.55. The Labute approximate surface area is 139 Å². The van der Waals surface area contributed by atoms with Crippen LogP contribution >= 0.6 is 0 Å². The molecule has 1 heterocycles. The molecule has 0 radical (unpaired) electrons. The molecule has 2 aromatic carbocycles. The van der Waals surface area contributed by atoms with Crippen molar-refractivity contribution in [2.75, 3.05) is 7.11 Å². The minimum atomic E-state index is -4.46. The Morgan fingerprint density at radius 2 is 1.92 bits per heavy atom. The van der Waals surface area contributed by atoms with Crippen LogP contribution in [-0.2, 0) is 12.7 Å². The number of tetrazole rings is 1. The standard InChI is InChI=1S/C16H12F4N4O/c1-25-14-6-5-13(17)8-11(14)9-24-22-15(21-23-24)10-3-2-4-12(7-10)16(18,19)20/h2-8H,9H2,1H3. The average Bonchev–Trinajstić information content (AvgIpc) is 3.03. The molecule has 0 spiro atoms. The maximum Gasteiger partial charge on any atom is 0.416 e. The summed E-state index contributed by atoms with van der Waals surface area (Å²) in [5, 5.41) is 11.6. The predicted octanol–water partition coefficient (Wildman–Crippen LogP) is 3.55. The van der Waals surface area contributed by atoms with Gasteiger partial charge in [-0.15, -0.1) is 10.2 Å². The van der Waals surface area contributed by atoms with E-state index in [0.717, 1.165) is 16.9 Å². The first kappa shape index (κ1) is 16.9. The summed E-state index contributed by atoms with van der Waals surface area (Å²) < 4.78 is 56.9. The van der Waals surface area contributed by atoms with Gasteiger partial charge in [0.1, 0.15) is 11.6 Å². The number of aromatic nitrogens is 4. The molecule has 0 aliphatic rings. The molecule has 3 rings (SSSR count). The monoisotopic (exact) mass is 352 g/mol. The lowest BCUT2D eigenvalue weighted by atomic mass is 10.1. The number of alkyl halides is 3. The first-order valence-corrected chi connectivity index (χ1v) is 7.14. The number of hydrogen-bond donors (Lipinski definition) is 0. The number of benzene rings is 2. The van der Waals surface area contributed by atoms with Gasteiger partial charge >= 0.3 is 6.18 Å². The van der Waals surface area contributed by atoms with E-state index in [-0.39, 0.29) is 17.9 Å². The highest BCUT2D eigenvalue weighted by Crippen LogP contribution is 2.31. The molecule has 130 valence electrons. The molecule has 0 atom stereocenters. The zero-order chi connectivity index (χ0) is 18.0. The Balaban J connectivity index is 1.88. The van der Waals surface area contributed by atoms with Crippen molar-refractivity contribution in [3.8, 4) is 17.1 Å². The number of ether oxygens (including phenoxy) is 1. The highest BCUT2D eigenvalue weighted by atomic mass is 19.4. The van der Waals surface area contributed by atoms with Crippen molar-refractivity contribution in [1.29, 1.82) is 0 Å². The SMILES string of the molecule is COc1ccc(F)cc1Cn1nnc(-c2cccc(C(F)(F)F)c2)n1. The molecule has 0 amide bonds. The van der Waals surface area contributed by atoms with Crippen molar-refractivity contribution in [2.45, 2.75) is 12.7 Å². The van der Waals surface area contributed by atoms with Crippen molar-refractivity contribution in [3.63, 3.8) is 0 Å². The Hall–Kier alpha value is -2.97. The van der Waals surface area contributed by atoms with E-state index in [0.29, 0.717) is 11.3 Å². The van der Waals surface area contributed by atoms with Gasteiger partial charge in [-0.25, -0.2) is 4.39 Å². The molecule has 0 unspecified atom stereocenters. The Bertz CT molecular complexity index is 892. The van der Waals surface area contributed by atoms with Crippen molar-refractivity contribution >= 4 is 0 Å². The van der Waals surface area contributed by atoms with Crippen LogP contribution in [0.5, 0.6) is 5.75 Å². The van der Waals surface area contributed by atoms with E-state index in [2.05, 4.69) is 15.4 Å². The van der Waals surface area contributed by atoms with E-state index in [1.54, 1.807) is 0 Å². The molecule has 1 aromatic heterocycles. The van der Waals surface area contributed by atoms with E-state index in [4.69, 9.17) is 4.74 Å². The second-order valence-electron chi connectivity index (χ2n) is 5.18. The summed E-state index contributed by atoms with van der Waals surface area (Å²) in [5.41, 5.74) is -0.129. The third-order valence-corrected chi connectivity index (χ3v) is 3.46. The van der Waals surface area contributed by atoms with Crippen LogP contribution in [-0.4, -0.2) is 27.3 Å². The lowest BCUT2D eigenvalue weighted by Gasteiger charge is -2.07. The summed E-state index contributed by atoms with van der Waals surface area (Å²) >= 11 is 0. The molecule has 0 saturated carbocycles. The van der Waals surface area contributed by atoms with Crippen LogP contribution in [0.2, 0.25) is 0 Å².